The van der Waals surface area contributed by atoms with Gasteiger partial charge in [0.25, 0.3) is 0 Å². The van der Waals surface area contributed by atoms with Gasteiger partial charge in [-0.1, -0.05) is 41.5 Å². The first kappa shape index (κ1) is 14.1. The Morgan fingerprint density at radius 3 is 2.24 bits per heavy atom. The maximum atomic E-state index is 5.93. The Kier molecular flexibility index (Phi) is 4.23. The minimum Gasteiger partial charge on any atom is -0.382 e. The fraction of sp³-hybridized carbons (Fsp3) is 0.786. The molecule has 0 aliphatic heterocycles. The van der Waals surface area contributed by atoms with Gasteiger partial charge < -0.3 is 5.73 Å². The summed E-state index contributed by atoms with van der Waals surface area (Å²) < 4.78 is 0. The van der Waals surface area contributed by atoms with Crippen LogP contribution in [0.4, 0.5) is 5.82 Å². The van der Waals surface area contributed by atoms with E-state index in [9.17, 15) is 0 Å². The molecule has 1 atom stereocenters. The van der Waals surface area contributed by atoms with Gasteiger partial charge in [-0.3, -0.25) is 5.10 Å². The molecule has 3 N–H and O–H groups in total. The van der Waals surface area contributed by atoms with E-state index in [1.807, 2.05) is 0 Å². The van der Waals surface area contributed by atoms with Crippen LogP contribution >= 0.6 is 0 Å². The Morgan fingerprint density at radius 2 is 1.76 bits per heavy atom. The van der Waals surface area contributed by atoms with Crippen molar-refractivity contribution in [2.75, 3.05) is 5.73 Å². The van der Waals surface area contributed by atoms with E-state index in [1.54, 1.807) is 0 Å². The van der Waals surface area contributed by atoms with Gasteiger partial charge in [-0.15, -0.1) is 0 Å². The second kappa shape index (κ2) is 5.11. The number of nitrogens with zero attached hydrogens (tertiary/aromatic N) is 1. The second-order valence-electron chi connectivity index (χ2n) is 6.64. The Hall–Kier alpha value is -0.990. The molecule has 0 fully saturated rings. The number of aromatic nitrogens is 2. The molecule has 0 saturated heterocycles. The van der Waals surface area contributed by atoms with Crippen molar-refractivity contribution >= 4 is 5.82 Å². The standard InChI is InChI=1S/C14H27N3/c1-9(2)7-11-12(16-17-13(11)15)8-10(3)14(4,5)6/h9-10H,7-8H2,1-6H3,(H3,15,16,17). The van der Waals surface area contributed by atoms with Crippen LogP contribution in [0.3, 0.4) is 0 Å². The van der Waals surface area contributed by atoms with Gasteiger partial charge in [0.15, 0.2) is 0 Å². The van der Waals surface area contributed by atoms with E-state index in [4.69, 9.17) is 5.73 Å². The molecule has 0 saturated carbocycles. The number of hydrogen-bond acceptors (Lipinski definition) is 2. The summed E-state index contributed by atoms with van der Waals surface area (Å²) in [6, 6.07) is 0. The van der Waals surface area contributed by atoms with Crippen molar-refractivity contribution in [2.45, 2.75) is 54.4 Å². The summed E-state index contributed by atoms with van der Waals surface area (Å²) in [7, 11) is 0. The highest BCUT2D eigenvalue weighted by Gasteiger charge is 2.23. The highest BCUT2D eigenvalue weighted by Crippen LogP contribution is 2.30. The Balaban J connectivity index is 2.85. The van der Waals surface area contributed by atoms with Crippen molar-refractivity contribution in [3.8, 4) is 0 Å². The zero-order chi connectivity index (χ0) is 13.2. The fourth-order valence-electron chi connectivity index (χ4n) is 1.83. The van der Waals surface area contributed by atoms with Crippen LogP contribution in [0, 0.1) is 17.3 Å². The van der Waals surface area contributed by atoms with Crippen LogP contribution < -0.4 is 5.73 Å². The minimum atomic E-state index is 0.314. The molecule has 3 nitrogen and oxygen atoms in total. The zero-order valence-electron chi connectivity index (χ0n) is 12.1. The normalized spacial score (nSPS) is 14.3. The second-order valence-corrected chi connectivity index (χ2v) is 6.64. The Labute approximate surface area is 105 Å². The molecule has 0 amide bonds. The Morgan fingerprint density at radius 1 is 1.18 bits per heavy atom. The van der Waals surface area contributed by atoms with E-state index in [1.165, 1.54) is 11.3 Å². The molecule has 1 heterocycles. The number of nitrogen functional groups attached to an aromatic ring is 1. The Bertz CT molecular complexity index is 358. The van der Waals surface area contributed by atoms with E-state index in [2.05, 4.69) is 51.7 Å². The smallest absolute Gasteiger partial charge is 0.148 e. The molecule has 0 bridgehead atoms. The van der Waals surface area contributed by atoms with Crippen molar-refractivity contribution in [2.24, 2.45) is 17.3 Å². The minimum absolute atomic E-state index is 0.314. The van der Waals surface area contributed by atoms with Crippen molar-refractivity contribution in [1.29, 1.82) is 0 Å². The topological polar surface area (TPSA) is 54.7 Å². The number of rotatable bonds is 4. The first-order chi connectivity index (χ1) is 7.71. The molecule has 3 heteroatoms. The van der Waals surface area contributed by atoms with Crippen LogP contribution in [0.1, 0.15) is 52.8 Å². The monoisotopic (exact) mass is 237 g/mol. The number of nitrogens with one attached hydrogen (secondary N) is 1. The highest BCUT2D eigenvalue weighted by molar-refractivity contribution is 5.42. The molecular formula is C14H27N3. The molecule has 1 unspecified atom stereocenters. The van der Waals surface area contributed by atoms with Gasteiger partial charge in [0.1, 0.15) is 5.82 Å². The van der Waals surface area contributed by atoms with E-state index < -0.39 is 0 Å². The first-order valence-corrected chi connectivity index (χ1v) is 6.53. The van der Waals surface area contributed by atoms with Crippen LogP contribution in [0.15, 0.2) is 0 Å². The van der Waals surface area contributed by atoms with Gasteiger partial charge >= 0.3 is 0 Å². The number of nitrogens with two attached hydrogens (primary N) is 1. The average molecular weight is 237 g/mol. The summed E-state index contributed by atoms with van der Waals surface area (Å²) in [5.41, 5.74) is 8.69. The lowest BCUT2D eigenvalue weighted by atomic mass is 9.79. The highest BCUT2D eigenvalue weighted by atomic mass is 15.2. The first-order valence-electron chi connectivity index (χ1n) is 6.53. The largest absolute Gasteiger partial charge is 0.382 e. The molecule has 0 spiro atoms. The summed E-state index contributed by atoms with van der Waals surface area (Å²) in [5.74, 6) is 1.89. The van der Waals surface area contributed by atoms with Crippen molar-refractivity contribution in [3.05, 3.63) is 11.3 Å². The van der Waals surface area contributed by atoms with E-state index in [0.29, 0.717) is 23.1 Å². The molecule has 0 aromatic carbocycles. The summed E-state index contributed by atoms with van der Waals surface area (Å²) in [4.78, 5) is 0. The van der Waals surface area contributed by atoms with Gasteiger partial charge in [0, 0.05) is 11.3 Å². The maximum Gasteiger partial charge on any atom is 0.148 e. The average Bonchev–Trinajstić information content (AvgIpc) is 2.47. The van der Waals surface area contributed by atoms with Crippen molar-refractivity contribution in [1.82, 2.24) is 10.2 Å². The molecule has 0 radical (unpaired) electrons. The van der Waals surface area contributed by atoms with Gasteiger partial charge in [-0.25, -0.2) is 0 Å². The van der Waals surface area contributed by atoms with Crippen molar-refractivity contribution in [3.63, 3.8) is 0 Å². The van der Waals surface area contributed by atoms with E-state index in [-0.39, 0.29) is 0 Å². The van der Waals surface area contributed by atoms with Crippen LogP contribution in [-0.4, -0.2) is 10.2 Å². The SMILES string of the molecule is CC(C)Cc1c(N)n[nH]c1CC(C)C(C)(C)C. The number of H-pyrrole nitrogens is 1. The third-order valence-corrected chi connectivity index (χ3v) is 3.59. The van der Waals surface area contributed by atoms with Crippen LogP contribution in [0.2, 0.25) is 0 Å². The van der Waals surface area contributed by atoms with Gasteiger partial charge in [-0.05, 0) is 30.1 Å². The fourth-order valence-corrected chi connectivity index (χ4v) is 1.83. The summed E-state index contributed by atoms with van der Waals surface area (Å²) >= 11 is 0. The predicted molar refractivity (Wildman–Crippen MR) is 73.9 cm³/mol. The maximum absolute atomic E-state index is 5.93. The van der Waals surface area contributed by atoms with Crippen LogP contribution in [-0.2, 0) is 12.8 Å². The third kappa shape index (κ3) is 3.76. The lowest BCUT2D eigenvalue weighted by Crippen LogP contribution is -2.20. The molecular weight excluding hydrogens is 210 g/mol. The summed E-state index contributed by atoms with van der Waals surface area (Å²) in [6.07, 6.45) is 2.03. The molecule has 0 aliphatic carbocycles. The third-order valence-electron chi connectivity index (χ3n) is 3.59. The number of aromatic amines is 1. The molecule has 1 aromatic rings. The molecule has 17 heavy (non-hydrogen) atoms. The molecule has 1 aromatic heterocycles. The van der Waals surface area contributed by atoms with Gasteiger partial charge in [0.2, 0.25) is 0 Å². The lowest BCUT2D eigenvalue weighted by molar-refractivity contribution is 0.258. The van der Waals surface area contributed by atoms with Crippen LogP contribution in [0.5, 0.6) is 0 Å². The lowest BCUT2D eigenvalue weighted by Gasteiger charge is -2.27. The molecule has 0 aliphatic rings. The van der Waals surface area contributed by atoms with Crippen molar-refractivity contribution < 1.29 is 0 Å². The van der Waals surface area contributed by atoms with Gasteiger partial charge in [0.05, 0.1) is 0 Å². The quantitative estimate of drug-likeness (QED) is 0.843. The summed E-state index contributed by atoms with van der Waals surface area (Å²) in [5, 5.41) is 7.26. The van der Waals surface area contributed by atoms with Gasteiger partial charge in [-0.2, -0.15) is 5.10 Å². The number of hydrogen-bond donors (Lipinski definition) is 2. The predicted octanol–water partition coefficient (Wildman–Crippen LogP) is 3.42. The van der Waals surface area contributed by atoms with Crippen LogP contribution in [0.25, 0.3) is 0 Å². The number of anilines is 1. The van der Waals surface area contributed by atoms with E-state index >= 15 is 0 Å². The molecule has 98 valence electrons. The summed E-state index contributed by atoms with van der Waals surface area (Å²) in [6.45, 7) is 13.5. The zero-order valence-corrected chi connectivity index (χ0v) is 12.1. The molecule has 1 rings (SSSR count). The van der Waals surface area contributed by atoms with E-state index in [0.717, 1.165) is 12.8 Å².